The Morgan fingerprint density at radius 1 is 0.950 bits per heavy atom. The van der Waals surface area contributed by atoms with Crippen LogP contribution in [0, 0.1) is 13.8 Å². The number of carbonyl (C=O) groups excluding carboxylic acids is 3. The Morgan fingerprint density at radius 2 is 1.62 bits per heavy atom. The first-order chi connectivity index (χ1) is 18.9. The van der Waals surface area contributed by atoms with Crippen molar-refractivity contribution in [1.82, 2.24) is 19.4 Å². The highest BCUT2D eigenvalue weighted by atomic mass is 32.2. The van der Waals surface area contributed by atoms with E-state index < -0.39 is 40.0 Å². The highest BCUT2D eigenvalue weighted by Gasteiger charge is 2.50. The fraction of sp³-hybridized carbons (Fsp3) is 0.345. The average molecular weight is 565 g/mol. The number of fused-ring (bicyclic) bond motifs is 1. The summed E-state index contributed by atoms with van der Waals surface area (Å²) >= 11 is 0. The Labute approximate surface area is 233 Å². The number of hydrogen-bond donors (Lipinski definition) is 1. The number of nitrogens with one attached hydrogen (secondary N) is 1. The minimum atomic E-state index is -3.71. The van der Waals surface area contributed by atoms with Crippen LogP contribution in [0.5, 0.6) is 5.75 Å². The molecule has 2 heterocycles. The van der Waals surface area contributed by atoms with Gasteiger partial charge in [0.2, 0.25) is 15.9 Å². The molecular weight excluding hydrogens is 532 g/mol. The van der Waals surface area contributed by atoms with Gasteiger partial charge in [0, 0.05) is 26.2 Å². The molecule has 2 saturated heterocycles. The van der Waals surface area contributed by atoms with Crippen LogP contribution in [0.4, 0.5) is 4.79 Å². The number of amides is 4. The predicted molar refractivity (Wildman–Crippen MR) is 149 cm³/mol. The molecule has 0 radical (unpaired) electrons. The lowest BCUT2D eigenvalue weighted by molar-refractivity contribution is -0.139. The van der Waals surface area contributed by atoms with Gasteiger partial charge in [0.25, 0.3) is 5.91 Å². The second kappa shape index (κ2) is 10.2. The molecule has 11 heteroatoms. The SMILES string of the molecule is COc1ccc2cc([C@@]3(C)NC(=O)N(CC(=O)N4CCN(S(=O)(=O)c5cc(C)ccc5C)CC4)C3=O)ccc2c1. The molecule has 3 aromatic rings. The number of aryl methyl sites for hydroxylation is 2. The maximum Gasteiger partial charge on any atom is 0.325 e. The molecular formula is C29H32N4O6S. The molecule has 2 fully saturated rings. The van der Waals surface area contributed by atoms with E-state index in [-0.39, 0.29) is 31.1 Å². The van der Waals surface area contributed by atoms with Gasteiger partial charge in [-0.25, -0.2) is 13.2 Å². The highest BCUT2D eigenvalue weighted by molar-refractivity contribution is 7.89. The van der Waals surface area contributed by atoms with Crippen molar-refractivity contribution in [2.24, 2.45) is 0 Å². The van der Waals surface area contributed by atoms with Gasteiger partial charge in [-0.2, -0.15) is 4.31 Å². The van der Waals surface area contributed by atoms with Crippen LogP contribution in [0.3, 0.4) is 0 Å². The van der Waals surface area contributed by atoms with Gasteiger partial charge in [0.15, 0.2) is 0 Å². The summed E-state index contributed by atoms with van der Waals surface area (Å²) in [6, 6.07) is 15.7. The van der Waals surface area contributed by atoms with Crippen molar-refractivity contribution in [3.63, 3.8) is 0 Å². The number of urea groups is 1. The van der Waals surface area contributed by atoms with Crippen LogP contribution in [0.1, 0.15) is 23.6 Å². The summed E-state index contributed by atoms with van der Waals surface area (Å²) in [6.45, 7) is 5.38. The Kier molecular flexibility index (Phi) is 7.05. The summed E-state index contributed by atoms with van der Waals surface area (Å²) in [5, 5.41) is 4.56. The first kappa shape index (κ1) is 27.6. The van der Waals surface area contributed by atoms with Crippen LogP contribution in [0.2, 0.25) is 0 Å². The molecule has 1 N–H and O–H groups in total. The molecule has 2 aliphatic heterocycles. The lowest BCUT2D eigenvalue weighted by atomic mass is 9.90. The molecule has 1 atom stereocenters. The van der Waals surface area contributed by atoms with E-state index in [0.29, 0.717) is 16.9 Å². The van der Waals surface area contributed by atoms with Crippen LogP contribution >= 0.6 is 0 Å². The lowest BCUT2D eigenvalue weighted by Gasteiger charge is -2.34. The summed E-state index contributed by atoms with van der Waals surface area (Å²) in [5.41, 5.74) is 0.785. The molecule has 5 rings (SSSR count). The Balaban J connectivity index is 1.26. The van der Waals surface area contributed by atoms with Crippen LogP contribution < -0.4 is 10.1 Å². The normalized spacial score (nSPS) is 20.2. The largest absolute Gasteiger partial charge is 0.497 e. The molecule has 40 heavy (non-hydrogen) atoms. The van der Waals surface area contributed by atoms with Crippen LogP contribution in [0.25, 0.3) is 10.8 Å². The third kappa shape index (κ3) is 4.79. The highest BCUT2D eigenvalue weighted by Crippen LogP contribution is 2.32. The second-order valence-electron chi connectivity index (χ2n) is 10.4. The van der Waals surface area contributed by atoms with E-state index in [1.54, 1.807) is 39.2 Å². The zero-order valence-corrected chi connectivity index (χ0v) is 23.7. The summed E-state index contributed by atoms with van der Waals surface area (Å²) < 4.78 is 33.1. The molecule has 3 aromatic carbocycles. The fourth-order valence-corrected chi connectivity index (χ4v) is 6.97. The van der Waals surface area contributed by atoms with E-state index in [1.807, 2.05) is 43.3 Å². The Hall–Kier alpha value is -3.96. The van der Waals surface area contributed by atoms with Crippen LogP contribution in [0.15, 0.2) is 59.5 Å². The van der Waals surface area contributed by atoms with Crippen molar-refractivity contribution in [1.29, 1.82) is 0 Å². The molecule has 0 aromatic heterocycles. The standard InChI is InChI=1S/C29H32N4O6S/c1-19-5-6-20(2)25(15-19)40(37,38)32-13-11-31(12-14-32)26(34)18-33-27(35)29(3,30-28(33)36)23-9-7-22-17-24(39-4)10-8-21(22)16-23/h5-10,15-17H,11-14,18H2,1-4H3,(H,30,36)/t29-/m1/s1. The number of nitrogens with zero attached hydrogens (tertiary/aromatic N) is 3. The van der Waals surface area contributed by atoms with Gasteiger partial charge in [0.1, 0.15) is 17.8 Å². The minimum absolute atomic E-state index is 0.126. The molecule has 0 spiro atoms. The van der Waals surface area contributed by atoms with E-state index in [0.717, 1.165) is 21.2 Å². The van der Waals surface area contributed by atoms with Crippen molar-refractivity contribution in [3.8, 4) is 5.75 Å². The van der Waals surface area contributed by atoms with E-state index in [9.17, 15) is 22.8 Å². The first-order valence-corrected chi connectivity index (χ1v) is 14.5. The summed E-state index contributed by atoms with van der Waals surface area (Å²) in [6.07, 6.45) is 0. The number of ether oxygens (including phenoxy) is 1. The third-order valence-electron chi connectivity index (χ3n) is 7.75. The maximum absolute atomic E-state index is 13.5. The van der Waals surface area contributed by atoms with Gasteiger partial charge in [-0.1, -0.05) is 30.3 Å². The van der Waals surface area contributed by atoms with Crippen molar-refractivity contribution >= 4 is 38.6 Å². The van der Waals surface area contributed by atoms with Crippen molar-refractivity contribution in [2.45, 2.75) is 31.2 Å². The molecule has 10 nitrogen and oxygen atoms in total. The topological polar surface area (TPSA) is 116 Å². The number of carbonyl (C=O) groups is 3. The number of benzene rings is 3. The molecule has 4 amide bonds. The first-order valence-electron chi connectivity index (χ1n) is 13.0. The van der Waals surface area contributed by atoms with E-state index in [1.165, 1.54) is 9.21 Å². The Bertz CT molecular complexity index is 1630. The van der Waals surface area contributed by atoms with Gasteiger partial charge in [-0.15, -0.1) is 0 Å². The predicted octanol–water partition coefficient (Wildman–Crippen LogP) is 2.77. The third-order valence-corrected chi connectivity index (χ3v) is 9.79. The van der Waals surface area contributed by atoms with E-state index >= 15 is 0 Å². The van der Waals surface area contributed by atoms with Crippen molar-refractivity contribution < 1.29 is 27.5 Å². The van der Waals surface area contributed by atoms with Crippen molar-refractivity contribution in [2.75, 3.05) is 39.8 Å². The fourth-order valence-electron chi connectivity index (χ4n) is 5.24. The smallest absolute Gasteiger partial charge is 0.325 e. The van der Waals surface area contributed by atoms with Crippen LogP contribution in [-0.2, 0) is 25.2 Å². The average Bonchev–Trinajstić information content (AvgIpc) is 3.17. The molecule has 0 unspecified atom stereocenters. The quantitative estimate of drug-likeness (QED) is 0.461. The number of rotatable bonds is 6. The monoisotopic (exact) mass is 564 g/mol. The molecule has 210 valence electrons. The van der Waals surface area contributed by atoms with Gasteiger partial charge < -0.3 is 15.0 Å². The van der Waals surface area contributed by atoms with Gasteiger partial charge in [-0.05, 0) is 72.5 Å². The second-order valence-corrected chi connectivity index (χ2v) is 12.3. The van der Waals surface area contributed by atoms with Crippen LogP contribution in [-0.4, -0.2) is 80.2 Å². The summed E-state index contributed by atoms with van der Waals surface area (Å²) in [7, 11) is -2.12. The maximum atomic E-state index is 13.5. The van der Waals surface area contributed by atoms with Crippen molar-refractivity contribution in [3.05, 3.63) is 71.3 Å². The zero-order chi connectivity index (χ0) is 28.8. The Morgan fingerprint density at radius 3 is 2.33 bits per heavy atom. The number of piperazine rings is 1. The number of imide groups is 1. The van der Waals surface area contributed by atoms with Gasteiger partial charge >= 0.3 is 6.03 Å². The molecule has 2 aliphatic rings. The number of sulfonamides is 1. The summed E-state index contributed by atoms with van der Waals surface area (Å²) in [4.78, 5) is 42.1. The van der Waals surface area contributed by atoms with E-state index in [2.05, 4.69) is 5.32 Å². The molecule has 0 saturated carbocycles. The zero-order valence-electron chi connectivity index (χ0n) is 22.9. The summed E-state index contributed by atoms with van der Waals surface area (Å²) in [5.74, 6) is -0.220. The number of hydrogen-bond acceptors (Lipinski definition) is 6. The minimum Gasteiger partial charge on any atom is -0.497 e. The van der Waals surface area contributed by atoms with Gasteiger partial charge in [-0.3, -0.25) is 14.5 Å². The number of methoxy groups -OCH3 is 1. The lowest BCUT2D eigenvalue weighted by Crippen LogP contribution is -2.53. The molecule has 0 bridgehead atoms. The van der Waals surface area contributed by atoms with E-state index in [4.69, 9.17) is 4.74 Å². The van der Waals surface area contributed by atoms with Gasteiger partial charge in [0.05, 0.1) is 12.0 Å². The molecule has 0 aliphatic carbocycles.